The zero-order valence-corrected chi connectivity index (χ0v) is 11.8. The molecule has 0 aromatic heterocycles. The van der Waals surface area contributed by atoms with Gasteiger partial charge in [0.1, 0.15) is 6.54 Å². The molecule has 0 aliphatic heterocycles. The van der Waals surface area contributed by atoms with Crippen LogP contribution in [0.4, 0.5) is 11.4 Å². The van der Waals surface area contributed by atoms with Gasteiger partial charge in [-0.15, -0.1) is 0 Å². The van der Waals surface area contributed by atoms with Gasteiger partial charge in [-0.25, -0.2) is 8.42 Å². The zero-order chi connectivity index (χ0) is 15.5. The topological polar surface area (TPSA) is 101 Å². The number of nitrogens with two attached hydrogens (primary N) is 1. The van der Waals surface area contributed by atoms with Crippen LogP contribution in [-0.4, -0.2) is 26.0 Å². The molecule has 0 bridgehead atoms. The SMILES string of the molecule is Nc1ccccc1N(CC(=O)O)S(=O)(=O)c1ccccc1. The number of carboxylic acid groups (broad SMARTS) is 1. The number of rotatable bonds is 5. The van der Waals surface area contributed by atoms with Gasteiger partial charge < -0.3 is 10.8 Å². The molecule has 0 atom stereocenters. The smallest absolute Gasteiger partial charge is 0.324 e. The van der Waals surface area contributed by atoms with Gasteiger partial charge in [-0.3, -0.25) is 9.10 Å². The highest BCUT2D eigenvalue weighted by Gasteiger charge is 2.28. The molecule has 0 amide bonds. The third-order valence-electron chi connectivity index (χ3n) is 2.82. The second-order valence-electron chi connectivity index (χ2n) is 4.28. The highest BCUT2D eigenvalue weighted by molar-refractivity contribution is 7.92. The standard InChI is InChI=1S/C14H14N2O4S/c15-12-8-4-5-9-13(12)16(10-14(17)18)21(19,20)11-6-2-1-3-7-11/h1-9H,10,15H2,(H,17,18). The molecule has 6 nitrogen and oxygen atoms in total. The van der Waals surface area contributed by atoms with E-state index in [4.69, 9.17) is 10.8 Å². The number of carbonyl (C=O) groups is 1. The third-order valence-corrected chi connectivity index (χ3v) is 4.59. The van der Waals surface area contributed by atoms with Gasteiger partial charge in [0.05, 0.1) is 16.3 Å². The molecule has 110 valence electrons. The first-order valence-corrected chi connectivity index (χ1v) is 7.51. The van der Waals surface area contributed by atoms with Crippen LogP contribution in [0.15, 0.2) is 59.5 Å². The molecular formula is C14H14N2O4S. The van der Waals surface area contributed by atoms with Crippen molar-refractivity contribution in [2.75, 3.05) is 16.6 Å². The number of nitrogens with zero attached hydrogens (tertiary/aromatic N) is 1. The second-order valence-corrected chi connectivity index (χ2v) is 6.14. The molecule has 0 unspecified atom stereocenters. The van der Waals surface area contributed by atoms with Crippen molar-refractivity contribution in [2.45, 2.75) is 4.90 Å². The van der Waals surface area contributed by atoms with Crippen molar-refractivity contribution in [3.8, 4) is 0 Å². The van der Waals surface area contributed by atoms with Gasteiger partial charge in [-0.1, -0.05) is 30.3 Å². The van der Waals surface area contributed by atoms with Gasteiger partial charge in [0, 0.05) is 0 Å². The minimum absolute atomic E-state index is 0.00880. The summed E-state index contributed by atoms with van der Waals surface area (Å²) in [4.78, 5) is 11.0. The molecule has 2 aromatic rings. The van der Waals surface area contributed by atoms with E-state index >= 15 is 0 Å². The molecule has 21 heavy (non-hydrogen) atoms. The van der Waals surface area contributed by atoms with Crippen LogP contribution in [0, 0.1) is 0 Å². The van der Waals surface area contributed by atoms with Gasteiger partial charge in [-0.2, -0.15) is 0 Å². The van der Waals surface area contributed by atoms with Crippen molar-refractivity contribution in [3.63, 3.8) is 0 Å². The van der Waals surface area contributed by atoms with Crippen molar-refractivity contribution in [1.82, 2.24) is 0 Å². The third kappa shape index (κ3) is 3.14. The normalized spacial score (nSPS) is 11.0. The predicted octanol–water partition coefficient (Wildman–Crippen LogP) is 1.55. The Morgan fingerprint density at radius 3 is 2.19 bits per heavy atom. The fourth-order valence-corrected chi connectivity index (χ4v) is 3.32. The monoisotopic (exact) mass is 306 g/mol. The summed E-state index contributed by atoms with van der Waals surface area (Å²) < 4.78 is 26.0. The lowest BCUT2D eigenvalue weighted by Crippen LogP contribution is -2.36. The van der Waals surface area contributed by atoms with E-state index in [1.165, 1.54) is 24.3 Å². The van der Waals surface area contributed by atoms with Crippen molar-refractivity contribution < 1.29 is 18.3 Å². The van der Waals surface area contributed by atoms with Gasteiger partial charge in [0.25, 0.3) is 10.0 Å². The van der Waals surface area contributed by atoms with E-state index in [-0.39, 0.29) is 16.3 Å². The van der Waals surface area contributed by atoms with Crippen molar-refractivity contribution >= 4 is 27.4 Å². The van der Waals surface area contributed by atoms with Crippen LogP contribution < -0.4 is 10.0 Å². The molecule has 0 heterocycles. The van der Waals surface area contributed by atoms with Gasteiger partial charge >= 0.3 is 5.97 Å². The van der Waals surface area contributed by atoms with E-state index in [1.807, 2.05) is 0 Å². The van der Waals surface area contributed by atoms with Crippen LogP contribution in [0.3, 0.4) is 0 Å². The number of anilines is 2. The van der Waals surface area contributed by atoms with Crippen LogP contribution in [0.2, 0.25) is 0 Å². The van der Waals surface area contributed by atoms with E-state index in [1.54, 1.807) is 30.3 Å². The maximum absolute atomic E-state index is 12.6. The first kappa shape index (κ1) is 14.9. The van der Waals surface area contributed by atoms with Crippen molar-refractivity contribution in [1.29, 1.82) is 0 Å². The minimum Gasteiger partial charge on any atom is -0.480 e. The molecular weight excluding hydrogens is 292 g/mol. The summed E-state index contributed by atoms with van der Waals surface area (Å²) in [6.07, 6.45) is 0. The van der Waals surface area contributed by atoms with Crippen LogP contribution in [0.5, 0.6) is 0 Å². The predicted molar refractivity (Wildman–Crippen MR) is 79.5 cm³/mol. The number of benzene rings is 2. The number of para-hydroxylation sites is 2. The summed E-state index contributed by atoms with van der Waals surface area (Å²) in [7, 11) is -4.00. The van der Waals surface area contributed by atoms with E-state index in [0.29, 0.717) is 0 Å². The molecule has 0 spiro atoms. The summed E-state index contributed by atoms with van der Waals surface area (Å²) in [5.41, 5.74) is 6.11. The Kier molecular flexibility index (Phi) is 4.13. The highest BCUT2D eigenvalue weighted by atomic mass is 32.2. The molecule has 0 fully saturated rings. The average molecular weight is 306 g/mol. The molecule has 2 aromatic carbocycles. The van der Waals surface area contributed by atoms with E-state index in [0.717, 1.165) is 4.31 Å². The van der Waals surface area contributed by atoms with Crippen LogP contribution in [-0.2, 0) is 14.8 Å². The lowest BCUT2D eigenvalue weighted by atomic mass is 10.3. The highest BCUT2D eigenvalue weighted by Crippen LogP contribution is 2.28. The average Bonchev–Trinajstić information content (AvgIpc) is 2.46. The lowest BCUT2D eigenvalue weighted by Gasteiger charge is -2.23. The van der Waals surface area contributed by atoms with Crippen LogP contribution in [0.25, 0.3) is 0 Å². The largest absolute Gasteiger partial charge is 0.480 e. The second kappa shape index (κ2) is 5.84. The van der Waals surface area contributed by atoms with Crippen molar-refractivity contribution in [2.24, 2.45) is 0 Å². The molecule has 0 saturated carbocycles. The summed E-state index contributed by atoms with van der Waals surface area (Å²) in [6.45, 7) is -0.703. The fraction of sp³-hybridized carbons (Fsp3) is 0.0714. The quantitative estimate of drug-likeness (QED) is 0.816. The first-order chi connectivity index (χ1) is 9.93. The van der Waals surface area contributed by atoms with E-state index in [9.17, 15) is 13.2 Å². The summed E-state index contributed by atoms with van der Waals surface area (Å²) in [5, 5.41) is 9.00. The maximum atomic E-state index is 12.6. The molecule has 0 radical (unpaired) electrons. The van der Waals surface area contributed by atoms with Gasteiger partial charge in [0.15, 0.2) is 0 Å². The Hall–Kier alpha value is -2.54. The maximum Gasteiger partial charge on any atom is 0.324 e. The minimum atomic E-state index is -4.00. The Morgan fingerprint density at radius 2 is 1.62 bits per heavy atom. The van der Waals surface area contributed by atoms with Crippen LogP contribution in [0.1, 0.15) is 0 Å². The number of sulfonamides is 1. The molecule has 7 heteroatoms. The Bertz CT molecular complexity index is 745. The fourth-order valence-electron chi connectivity index (χ4n) is 1.86. The summed E-state index contributed by atoms with van der Waals surface area (Å²) in [6, 6.07) is 13.9. The number of nitrogen functional groups attached to an aromatic ring is 1. The summed E-state index contributed by atoms with van der Waals surface area (Å²) in [5.74, 6) is -1.27. The Balaban J connectivity index is 2.56. The lowest BCUT2D eigenvalue weighted by molar-refractivity contribution is -0.135. The molecule has 0 aliphatic rings. The van der Waals surface area contributed by atoms with Crippen molar-refractivity contribution in [3.05, 3.63) is 54.6 Å². The van der Waals surface area contributed by atoms with Gasteiger partial charge in [0.2, 0.25) is 0 Å². The summed E-state index contributed by atoms with van der Waals surface area (Å²) >= 11 is 0. The Labute approximate surface area is 122 Å². The van der Waals surface area contributed by atoms with Crippen LogP contribution >= 0.6 is 0 Å². The zero-order valence-electron chi connectivity index (χ0n) is 11.0. The number of carboxylic acids is 1. The Morgan fingerprint density at radius 1 is 1.05 bits per heavy atom. The van der Waals surface area contributed by atoms with E-state index in [2.05, 4.69) is 0 Å². The number of hydrogen-bond acceptors (Lipinski definition) is 4. The van der Waals surface area contributed by atoms with Gasteiger partial charge in [-0.05, 0) is 24.3 Å². The molecule has 3 N–H and O–H groups in total. The van der Waals surface area contributed by atoms with E-state index < -0.39 is 22.5 Å². The number of hydrogen-bond donors (Lipinski definition) is 2. The first-order valence-electron chi connectivity index (χ1n) is 6.07. The number of aliphatic carboxylic acids is 1. The molecule has 2 rings (SSSR count). The molecule has 0 saturated heterocycles. The molecule has 0 aliphatic carbocycles.